The van der Waals surface area contributed by atoms with Gasteiger partial charge in [0.05, 0.1) is 13.2 Å². The second-order valence-corrected chi connectivity index (χ2v) is 12.7. The molecule has 35 heavy (non-hydrogen) atoms. The Bertz CT molecular complexity index is 632. The maximum absolute atomic E-state index is 5.76. The summed E-state index contributed by atoms with van der Waals surface area (Å²) >= 11 is 18.0. The van der Waals surface area contributed by atoms with Crippen molar-refractivity contribution in [3.05, 3.63) is 74.9 Å². The normalized spacial score (nSPS) is 10.3. The number of nitrogens with zero attached hydrogens (tertiary/aromatic N) is 2. The Labute approximate surface area is 242 Å². The van der Waals surface area contributed by atoms with Crippen LogP contribution in [0.4, 0.5) is 0 Å². The Morgan fingerprint density at radius 3 is 1.29 bits per heavy atom. The molecule has 0 atom stereocenters. The lowest BCUT2D eigenvalue weighted by Crippen LogP contribution is -2.27. The molecule has 196 valence electrons. The molecule has 0 aromatic rings. The zero-order chi connectivity index (χ0) is 26.3. The van der Waals surface area contributed by atoms with Gasteiger partial charge in [0.15, 0.2) is 0 Å². The van der Waals surface area contributed by atoms with Gasteiger partial charge in [-0.3, -0.25) is 0 Å². The fourth-order valence-corrected chi connectivity index (χ4v) is 6.41. The van der Waals surface area contributed by atoms with Gasteiger partial charge in [-0.2, -0.15) is 23.5 Å². The van der Waals surface area contributed by atoms with E-state index in [0.29, 0.717) is 0 Å². The Morgan fingerprint density at radius 2 is 0.971 bits per heavy atom. The van der Waals surface area contributed by atoms with Crippen molar-refractivity contribution in [1.82, 2.24) is 9.80 Å². The Balaban J connectivity index is 3.75. The van der Waals surface area contributed by atoms with Gasteiger partial charge in [-0.1, -0.05) is 96.6 Å². The molecule has 9 heteroatoms. The third-order valence-corrected chi connectivity index (χ3v) is 9.54. The summed E-state index contributed by atoms with van der Waals surface area (Å²) in [6, 6.07) is 0. The van der Waals surface area contributed by atoms with E-state index >= 15 is 0 Å². The van der Waals surface area contributed by atoms with Crippen molar-refractivity contribution >= 4 is 80.1 Å². The van der Waals surface area contributed by atoms with Gasteiger partial charge >= 0.3 is 0 Å². The maximum atomic E-state index is 5.76. The molecule has 0 spiro atoms. The molecule has 0 rings (SSSR count). The van der Waals surface area contributed by atoms with Gasteiger partial charge < -0.3 is 14.5 Å². The second-order valence-electron chi connectivity index (χ2n) is 7.29. The van der Waals surface area contributed by atoms with Gasteiger partial charge in [-0.25, -0.2) is 0 Å². The first-order valence-electron chi connectivity index (χ1n) is 11.2. The minimum absolute atomic E-state index is 0.737. The highest BCUT2D eigenvalue weighted by atomic mass is 32.2. The maximum Gasteiger partial charge on any atom is 0.137 e. The molecule has 0 bridgehead atoms. The molecule has 0 heterocycles. The zero-order valence-electron chi connectivity index (χ0n) is 20.8. The van der Waals surface area contributed by atoms with Crippen LogP contribution in [0.3, 0.4) is 0 Å². The van der Waals surface area contributed by atoms with Gasteiger partial charge in [0.25, 0.3) is 0 Å². The van der Waals surface area contributed by atoms with Crippen molar-refractivity contribution in [2.75, 3.05) is 73.9 Å². The number of ether oxygens (including phenoxy) is 1. The average molecular weight is 589 g/mol. The van der Waals surface area contributed by atoms with Gasteiger partial charge in [-0.05, 0) is 0 Å². The first-order valence-corrected chi connectivity index (χ1v) is 16.3. The lowest BCUT2D eigenvalue weighted by atomic mass is 10.4. The van der Waals surface area contributed by atoms with E-state index in [0.717, 1.165) is 82.6 Å². The Kier molecular flexibility index (Phi) is 23.7. The highest BCUT2D eigenvalue weighted by molar-refractivity contribution is 8.23. The minimum Gasteiger partial charge on any atom is -0.380 e. The van der Waals surface area contributed by atoms with Gasteiger partial charge in [-0.15, -0.1) is 26.3 Å². The smallest absolute Gasteiger partial charge is 0.137 e. The van der Waals surface area contributed by atoms with E-state index in [1.165, 1.54) is 11.1 Å². The highest BCUT2D eigenvalue weighted by Gasteiger charge is 2.09. The zero-order valence-corrected chi connectivity index (χ0v) is 25.7. The fraction of sp³-hybridized carbons (Fsp3) is 0.462. The fourth-order valence-electron chi connectivity index (χ4n) is 2.43. The summed E-state index contributed by atoms with van der Waals surface area (Å²) in [5.74, 6) is 5.44. The van der Waals surface area contributed by atoms with Crippen LogP contribution >= 0.6 is 71.5 Å². The molecule has 0 unspecified atom stereocenters. The molecule has 0 saturated heterocycles. The lowest BCUT2D eigenvalue weighted by molar-refractivity contribution is 0.167. The quantitative estimate of drug-likeness (QED) is 0.0751. The molecule has 0 saturated carbocycles. The van der Waals surface area contributed by atoms with Crippen molar-refractivity contribution in [1.29, 1.82) is 0 Å². The van der Waals surface area contributed by atoms with E-state index in [1.54, 1.807) is 23.5 Å². The average Bonchev–Trinajstić information content (AvgIpc) is 2.84. The monoisotopic (exact) mass is 588 g/mol. The van der Waals surface area contributed by atoms with Crippen LogP contribution in [0.2, 0.25) is 0 Å². The summed E-state index contributed by atoms with van der Waals surface area (Å²) in [6.07, 6.45) is 7.43. The van der Waals surface area contributed by atoms with Crippen LogP contribution in [0.5, 0.6) is 0 Å². The molecule has 0 fully saturated rings. The van der Waals surface area contributed by atoms with E-state index in [1.807, 2.05) is 47.8 Å². The van der Waals surface area contributed by atoms with Crippen LogP contribution in [0.1, 0.15) is 0 Å². The minimum atomic E-state index is 0.737. The SMILES string of the molecule is C=CCN(CC=C)C(=S)SCC(=C)CSCCOCCSCC(=C)CSC(=S)N(CC=C)CC=C. The van der Waals surface area contributed by atoms with Crippen LogP contribution in [0, 0.1) is 0 Å². The number of thiocarbonyl (C=S) groups is 2. The van der Waals surface area contributed by atoms with Crippen LogP contribution in [0.25, 0.3) is 0 Å². The van der Waals surface area contributed by atoms with E-state index in [-0.39, 0.29) is 0 Å². The summed E-state index contributed by atoms with van der Waals surface area (Å²) in [5.41, 5.74) is 2.37. The van der Waals surface area contributed by atoms with Crippen LogP contribution in [0.15, 0.2) is 74.9 Å². The molecule has 0 aliphatic heterocycles. The summed E-state index contributed by atoms with van der Waals surface area (Å²) < 4.78 is 7.49. The number of hydrogen-bond donors (Lipinski definition) is 0. The number of rotatable bonds is 22. The first kappa shape index (κ1) is 34.6. The molecular formula is C26H40N2OS6. The van der Waals surface area contributed by atoms with E-state index in [4.69, 9.17) is 29.2 Å². The molecule has 3 nitrogen and oxygen atoms in total. The van der Waals surface area contributed by atoms with Crippen LogP contribution in [-0.4, -0.2) is 92.4 Å². The first-order chi connectivity index (χ1) is 16.9. The van der Waals surface area contributed by atoms with E-state index in [9.17, 15) is 0 Å². The lowest BCUT2D eigenvalue weighted by Gasteiger charge is -2.21. The Hall–Kier alpha value is -0.420. The largest absolute Gasteiger partial charge is 0.380 e. The van der Waals surface area contributed by atoms with Crippen molar-refractivity contribution in [2.24, 2.45) is 0 Å². The van der Waals surface area contributed by atoms with Crippen LogP contribution < -0.4 is 0 Å². The third-order valence-electron chi connectivity index (χ3n) is 4.07. The van der Waals surface area contributed by atoms with Crippen molar-refractivity contribution in [2.45, 2.75) is 0 Å². The van der Waals surface area contributed by atoms with Gasteiger partial charge in [0, 0.05) is 60.7 Å². The van der Waals surface area contributed by atoms with Gasteiger partial charge in [0.2, 0.25) is 0 Å². The number of hydrogen-bond acceptors (Lipinski definition) is 7. The van der Waals surface area contributed by atoms with E-state index in [2.05, 4.69) is 49.3 Å². The predicted octanol–water partition coefficient (Wildman–Crippen LogP) is 6.97. The summed E-state index contributed by atoms with van der Waals surface area (Å²) in [6.45, 7) is 27.9. The summed E-state index contributed by atoms with van der Waals surface area (Å²) in [7, 11) is 0. The molecule has 0 aliphatic carbocycles. The summed E-state index contributed by atoms with van der Waals surface area (Å²) in [5, 5.41) is 0. The number of thioether (sulfide) groups is 4. The third kappa shape index (κ3) is 19.4. The molecule has 0 aromatic carbocycles. The van der Waals surface area contributed by atoms with Gasteiger partial charge in [0.1, 0.15) is 8.64 Å². The topological polar surface area (TPSA) is 15.7 Å². The molecular weight excluding hydrogens is 549 g/mol. The molecule has 0 aliphatic rings. The standard InChI is InChI=1S/C26H40N2OS6/c1-7-11-27(12-8-2)25(30)34-21-23(5)19-32-17-15-29-16-18-33-20-24(6)22-35-26(31)28(13-9-3)14-10-4/h7-10H,1-6,11-22H2. The van der Waals surface area contributed by atoms with Crippen molar-refractivity contribution in [3.8, 4) is 0 Å². The highest BCUT2D eigenvalue weighted by Crippen LogP contribution is 2.18. The van der Waals surface area contributed by atoms with E-state index < -0.39 is 0 Å². The molecule has 0 amide bonds. The molecule has 0 aromatic heterocycles. The van der Waals surface area contributed by atoms with Crippen molar-refractivity contribution < 1.29 is 4.74 Å². The van der Waals surface area contributed by atoms with Crippen molar-refractivity contribution in [3.63, 3.8) is 0 Å². The van der Waals surface area contributed by atoms with Crippen LogP contribution in [-0.2, 0) is 4.74 Å². The summed E-state index contributed by atoms with van der Waals surface area (Å²) in [4.78, 5) is 4.16. The molecule has 0 radical (unpaired) electrons. The predicted molar refractivity (Wildman–Crippen MR) is 178 cm³/mol. The second kappa shape index (κ2) is 23.9. The molecule has 0 N–H and O–H groups in total. The Morgan fingerprint density at radius 1 is 0.629 bits per heavy atom.